The lowest BCUT2D eigenvalue weighted by atomic mass is 10.1. The first-order valence-corrected chi connectivity index (χ1v) is 29.5. The normalized spacial score (nSPS) is 14.0. The fourth-order valence-corrected chi connectivity index (χ4v) is 21.8. The summed E-state index contributed by atoms with van der Waals surface area (Å²) in [4.78, 5) is 0. The van der Waals surface area contributed by atoms with Gasteiger partial charge in [0.25, 0.3) is 0 Å². The number of unbranched alkanes of at least 4 members (excludes halogenated alkanes) is 9. The zero-order valence-corrected chi connectivity index (χ0v) is 31.4. The Morgan fingerprint density at radius 3 is 0.944 bits per heavy atom. The summed E-state index contributed by atoms with van der Waals surface area (Å²) < 4.78 is 32.3. The lowest BCUT2D eigenvalue weighted by Crippen LogP contribution is -2.60. The molecule has 0 aromatic heterocycles. The third kappa shape index (κ3) is 20.8. The highest BCUT2D eigenvalue weighted by atomic mass is 28.5. The molecule has 36 heavy (non-hydrogen) atoms. The van der Waals surface area contributed by atoms with Crippen LogP contribution >= 0.6 is 0 Å². The van der Waals surface area contributed by atoms with Crippen LogP contribution < -0.4 is 0 Å². The summed E-state index contributed by atoms with van der Waals surface area (Å²) in [7, 11) is -9.87. The minimum Gasteiger partial charge on any atom is -0.417 e. The van der Waals surface area contributed by atoms with Crippen LogP contribution in [0.5, 0.6) is 0 Å². The van der Waals surface area contributed by atoms with Gasteiger partial charge in [-0.25, -0.2) is 0 Å². The molecule has 0 amide bonds. The highest BCUT2D eigenvalue weighted by molar-refractivity contribution is 6.90. The molecule has 0 fully saturated rings. The lowest BCUT2D eigenvalue weighted by molar-refractivity contribution is 0.188. The van der Waals surface area contributed by atoms with Crippen LogP contribution in [0.1, 0.15) is 78.1 Å². The Hall–Kier alpha value is 0.884. The standard InChI is InChI=1S/C26H64O5Si5/c1-13-27-35(12,28-14-2)25-23-21-19-17-15-16-18-20-22-24-26-36(29-32(3,4)5,30-33(6,7)8)31-34(9,10)11/h13-26H2,1-12H3. The van der Waals surface area contributed by atoms with Gasteiger partial charge in [0.1, 0.15) is 0 Å². The van der Waals surface area contributed by atoms with E-state index in [9.17, 15) is 0 Å². The summed E-state index contributed by atoms with van der Waals surface area (Å²) in [6.07, 6.45) is 13.0. The highest BCUT2D eigenvalue weighted by Gasteiger charge is 2.49. The summed E-state index contributed by atoms with van der Waals surface area (Å²) >= 11 is 0. The van der Waals surface area contributed by atoms with Gasteiger partial charge in [0.2, 0.25) is 0 Å². The van der Waals surface area contributed by atoms with Gasteiger partial charge in [0, 0.05) is 19.3 Å². The first-order chi connectivity index (χ1) is 16.4. The fraction of sp³-hybridized carbons (Fsp3) is 1.00. The van der Waals surface area contributed by atoms with Gasteiger partial charge < -0.3 is 21.2 Å². The van der Waals surface area contributed by atoms with E-state index in [1.807, 2.05) is 0 Å². The van der Waals surface area contributed by atoms with Crippen molar-refractivity contribution in [1.82, 2.24) is 0 Å². The van der Waals surface area contributed by atoms with E-state index in [0.717, 1.165) is 31.7 Å². The smallest absolute Gasteiger partial charge is 0.417 e. The quantitative estimate of drug-likeness (QED) is 0.0868. The summed E-state index contributed by atoms with van der Waals surface area (Å²) in [5.74, 6) is 0. The van der Waals surface area contributed by atoms with Crippen molar-refractivity contribution in [2.45, 2.75) is 156 Å². The predicted molar refractivity (Wildman–Crippen MR) is 170 cm³/mol. The van der Waals surface area contributed by atoms with Crippen LogP contribution in [-0.2, 0) is 21.2 Å². The Morgan fingerprint density at radius 1 is 0.389 bits per heavy atom. The molecule has 0 aliphatic carbocycles. The van der Waals surface area contributed by atoms with E-state index in [1.54, 1.807) is 0 Å². The minimum absolute atomic E-state index is 0.772. The Balaban J connectivity index is 4.33. The van der Waals surface area contributed by atoms with E-state index in [1.165, 1.54) is 57.8 Å². The summed E-state index contributed by atoms with van der Waals surface area (Å²) in [6, 6.07) is 2.11. The highest BCUT2D eigenvalue weighted by Crippen LogP contribution is 2.31. The molecule has 0 unspecified atom stereocenters. The average molecular weight is 597 g/mol. The number of rotatable bonds is 23. The molecule has 0 aromatic carbocycles. The van der Waals surface area contributed by atoms with Crippen molar-refractivity contribution >= 4 is 42.3 Å². The Morgan fingerprint density at radius 2 is 0.667 bits per heavy atom. The molecule has 0 heterocycles. The van der Waals surface area contributed by atoms with Crippen molar-refractivity contribution in [3.63, 3.8) is 0 Å². The van der Waals surface area contributed by atoms with Crippen molar-refractivity contribution in [1.29, 1.82) is 0 Å². The van der Waals surface area contributed by atoms with Gasteiger partial charge >= 0.3 is 17.4 Å². The van der Waals surface area contributed by atoms with Gasteiger partial charge in [-0.15, -0.1) is 0 Å². The van der Waals surface area contributed by atoms with Crippen LogP contribution in [0.3, 0.4) is 0 Å². The number of hydrogen-bond donors (Lipinski definition) is 0. The first-order valence-electron chi connectivity index (χ1n) is 14.8. The van der Waals surface area contributed by atoms with Crippen molar-refractivity contribution < 1.29 is 21.2 Å². The molecule has 0 spiro atoms. The molecule has 0 saturated heterocycles. The maximum Gasteiger partial charge on any atom is 0.469 e. The van der Waals surface area contributed by atoms with Gasteiger partial charge in [-0.05, 0) is 91.8 Å². The monoisotopic (exact) mass is 596 g/mol. The zero-order valence-electron chi connectivity index (χ0n) is 26.4. The molecule has 0 atom stereocenters. The molecule has 0 N–H and O–H groups in total. The van der Waals surface area contributed by atoms with Gasteiger partial charge in [-0.1, -0.05) is 57.8 Å². The second-order valence-corrected chi connectivity index (χ2v) is 33.7. The van der Waals surface area contributed by atoms with Crippen molar-refractivity contribution in [2.75, 3.05) is 13.2 Å². The number of hydrogen-bond acceptors (Lipinski definition) is 5. The third-order valence-electron chi connectivity index (χ3n) is 5.65. The maximum absolute atomic E-state index is 6.81. The molecule has 0 bridgehead atoms. The van der Waals surface area contributed by atoms with Crippen LogP contribution in [0.25, 0.3) is 0 Å². The van der Waals surface area contributed by atoms with Crippen LogP contribution in [0, 0.1) is 0 Å². The van der Waals surface area contributed by atoms with E-state index in [0.29, 0.717) is 0 Å². The molecule has 5 nitrogen and oxygen atoms in total. The van der Waals surface area contributed by atoms with E-state index in [4.69, 9.17) is 21.2 Å². The molecular formula is C26H64O5Si5. The Bertz CT molecular complexity index is 512. The minimum atomic E-state index is -2.65. The van der Waals surface area contributed by atoms with E-state index in [-0.39, 0.29) is 0 Å². The first kappa shape index (κ1) is 36.9. The molecule has 10 heteroatoms. The predicted octanol–water partition coefficient (Wildman–Crippen LogP) is 9.53. The van der Waals surface area contributed by atoms with E-state index < -0.39 is 42.3 Å². The van der Waals surface area contributed by atoms with Crippen LogP contribution in [0.15, 0.2) is 0 Å². The Kier molecular flexibility index (Phi) is 18.0. The van der Waals surface area contributed by atoms with Crippen molar-refractivity contribution in [3.05, 3.63) is 0 Å². The maximum atomic E-state index is 6.81. The molecule has 0 aliphatic rings. The molecular weight excluding hydrogens is 533 g/mol. The largest absolute Gasteiger partial charge is 0.469 e. The molecule has 0 rings (SSSR count). The zero-order chi connectivity index (χ0) is 27.9. The van der Waals surface area contributed by atoms with Crippen LogP contribution in [0.4, 0.5) is 0 Å². The van der Waals surface area contributed by atoms with Gasteiger partial charge in [-0.3, -0.25) is 0 Å². The fourth-order valence-electron chi connectivity index (χ4n) is 4.61. The summed E-state index contributed by atoms with van der Waals surface area (Å²) in [5.41, 5.74) is 0. The van der Waals surface area contributed by atoms with Crippen LogP contribution in [0.2, 0.25) is 77.6 Å². The molecule has 0 saturated carbocycles. The topological polar surface area (TPSA) is 46.2 Å². The van der Waals surface area contributed by atoms with Gasteiger partial charge in [0.05, 0.1) is 0 Å². The van der Waals surface area contributed by atoms with Gasteiger partial charge in [0.15, 0.2) is 25.0 Å². The van der Waals surface area contributed by atoms with Crippen molar-refractivity contribution in [3.8, 4) is 0 Å². The average Bonchev–Trinajstić information content (AvgIpc) is 2.65. The molecule has 0 aromatic rings. The third-order valence-corrected chi connectivity index (χ3v) is 20.8. The molecule has 0 radical (unpaired) electrons. The Labute approximate surface area is 231 Å². The summed E-state index contributed by atoms with van der Waals surface area (Å²) in [5, 5.41) is 0. The molecule has 218 valence electrons. The van der Waals surface area contributed by atoms with E-state index in [2.05, 4.69) is 79.3 Å². The van der Waals surface area contributed by atoms with Gasteiger partial charge in [-0.2, -0.15) is 0 Å². The lowest BCUT2D eigenvalue weighted by Gasteiger charge is -2.43. The van der Waals surface area contributed by atoms with Crippen molar-refractivity contribution in [2.24, 2.45) is 0 Å². The second kappa shape index (κ2) is 17.5. The molecule has 0 aliphatic heterocycles. The summed E-state index contributed by atoms with van der Waals surface area (Å²) in [6.45, 7) is 28.4. The van der Waals surface area contributed by atoms with E-state index >= 15 is 0 Å². The van der Waals surface area contributed by atoms with Crippen LogP contribution in [-0.4, -0.2) is 55.5 Å². The second-order valence-electron chi connectivity index (χ2n) is 13.4. The SMILES string of the molecule is CCO[Si](C)(CCCCCCCCCCCC[Si](O[Si](C)(C)C)(O[Si](C)(C)C)O[Si](C)(C)C)OCC.